The van der Waals surface area contributed by atoms with Crippen LogP contribution in [0, 0.1) is 12.3 Å². The fourth-order valence-electron chi connectivity index (χ4n) is 0.333. The molecule has 0 aliphatic rings. The molecule has 0 rings (SSSR count). The van der Waals surface area contributed by atoms with Crippen molar-refractivity contribution in [1.82, 2.24) is 0 Å². The smallest absolute Gasteiger partial charge is 0.0121 e. The maximum Gasteiger partial charge on any atom is 0.0121 e. The van der Waals surface area contributed by atoms with E-state index in [0.29, 0.717) is 0 Å². The number of allylic oxidation sites excluding steroid dienone is 2. The summed E-state index contributed by atoms with van der Waals surface area (Å²) in [4.78, 5) is 0. The van der Waals surface area contributed by atoms with Gasteiger partial charge < -0.3 is 0 Å². The molecule has 0 unspecified atom stereocenters. The van der Waals surface area contributed by atoms with E-state index in [1.54, 1.807) is 0 Å². The zero-order chi connectivity index (χ0) is 5.54. The third-order valence-corrected chi connectivity index (χ3v) is 0.691. The highest BCUT2D eigenvalue weighted by molar-refractivity contribution is 4.88. The van der Waals surface area contributed by atoms with Crippen LogP contribution in [0.3, 0.4) is 0 Å². The monoisotopic (exact) mass is 94.1 g/mol. The average molecular weight is 94.2 g/mol. The molecule has 0 aromatic heterocycles. The number of hydrogen-bond acceptors (Lipinski definition) is 0. The molecule has 0 fully saturated rings. The van der Waals surface area contributed by atoms with Gasteiger partial charge in [-0.3, -0.25) is 0 Å². The highest BCUT2D eigenvalue weighted by atomic mass is 13.7. The lowest BCUT2D eigenvalue weighted by molar-refractivity contribution is 1.08. The average Bonchev–Trinajstić information content (AvgIpc) is 1.69. The first-order valence-corrected chi connectivity index (χ1v) is 2.46. The van der Waals surface area contributed by atoms with E-state index in [1.165, 1.54) is 0 Å². The van der Waals surface area contributed by atoms with Crippen LogP contribution in [-0.4, -0.2) is 0 Å². The second-order valence-corrected chi connectivity index (χ2v) is 1.31. The summed E-state index contributed by atoms with van der Waals surface area (Å²) in [6, 6.07) is 0. The Bertz CT molecular complexity index is 82.7. The molecule has 0 heteroatoms. The second kappa shape index (κ2) is 5.30. The van der Waals surface area contributed by atoms with Crippen LogP contribution < -0.4 is 0 Å². The quantitative estimate of drug-likeness (QED) is 0.279. The Labute approximate surface area is 45.2 Å². The summed E-state index contributed by atoms with van der Waals surface area (Å²) in [6.07, 6.45) is 11.0. The van der Waals surface area contributed by atoms with Gasteiger partial charge in [0.2, 0.25) is 0 Å². The highest BCUT2D eigenvalue weighted by Crippen LogP contribution is 1.85. The number of unbranched alkanes of at least 4 members (excludes halogenated alkanes) is 1. The van der Waals surface area contributed by atoms with Crippen LogP contribution >= 0.6 is 0 Å². The lowest BCUT2D eigenvalue weighted by atomic mass is 10.3. The van der Waals surface area contributed by atoms with E-state index in [4.69, 9.17) is 6.42 Å². The summed E-state index contributed by atoms with van der Waals surface area (Å²) < 4.78 is 0. The van der Waals surface area contributed by atoms with E-state index in [9.17, 15) is 0 Å². The van der Waals surface area contributed by atoms with Crippen molar-refractivity contribution in [1.29, 1.82) is 0 Å². The van der Waals surface area contributed by atoms with Gasteiger partial charge >= 0.3 is 0 Å². The topological polar surface area (TPSA) is 0 Å². The molecule has 0 aliphatic carbocycles. The highest BCUT2D eigenvalue weighted by Gasteiger charge is 1.68. The predicted octanol–water partition coefficient (Wildman–Crippen LogP) is 1.98. The van der Waals surface area contributed by atoms with Crippen LogP contribution in [-0.2, 0) is 0 Å². The zero-order valence-corrected chi connectivity index (χ0v) is 4.65. The summed E-state index contributed by atoms with van der Waals surface area (Å²) in [5, 5.41) is 0. The summed E-state index contributed by atoms with van der Waals surface area (Å²) >= 11 is 0. The minimum Gasteiger partial charge on any atom is -0.120 e. The Morgan fingerprint density at radius 2 is 2.43 bits per heavy atom. The molecule has 0 spiro atoms. The van der Waals surface area contributed by atoms with Gasteiger partial charge in [-0.25, -0.2) is 0 Å². The fourth-order valence-corrected chi connectivity index (χ4v) is 0.333. The van der Waals surface area contributed by atoms with Crippen molar-refractivity contribution in [3.05, 3.63) is 12.2 Å². The van der Waals surface area contributed by atoms with Crippen molar-refractivity contribution in [3.8, 4) is 12.3 Å². The molecule has 0 nitrogen and oxygen atoms in total. The van der Waals surface area contributed by atoms with Crippen molar-refractivity contribution in [2.75, 3.05) is 0 Å². The third-order valence-electron chi connectivity index (χ3n) is 0.691. The van der Waals surface area contributed by atoms with Gasteiger partial charge in [-0.15, -0.1) is 12.3 Å². The van der Waals surface area contributed by atoms with Gasteiger partial charge in [-0.2, -0.15) is 0 Å². The maximum absolute atomic E-state index is 4.99. The van der Waals surface area contributed by atoms with E-state index in [2.05, 4.69) is 12.0 Å². The van der Waals surface area contributed by atoms with Crippen LogP contribution in [0.4, 0.5) is 0 Å². The number of terminal acetylenes is 1. The summed E-state index contributed by atoms with van der Waals surface area (Å²) in [5.74, 6) is 2.55. The molecule has 7 heavy (non-hydrogen) atoms. The van der Waals surface area contributed by atoms with Crippen LogP contribution in [0.25, 0.3) is 0 Å². The minimum absolute atomic E-state index is 0.865. The van der Waals surface area contributed by atoms with Crippen molar-refractivity contribution < 1.29 is 0 Å². The molecular formula is C7H10. The standard InChI is InChI=1S/C7H10/c1-3-5-7-6-4-2/h1,4,6H,5,7H2,2H3/b6-4+. The summed E-state index contributed by atoms with van der Waals surface area (Å²) in [7, 11) is 0. The second-order valence-electron chi connectivity index (χ2n) is 1.31. The predicted molar refractivity (Wildman–Crippen MR) is 32.9 cm³/mol. The van der Waals surface area contributed by atoms with Crippen LogP contribution in [0.2, 0.25) is 0 Å². The molecule has 0 bridgehead atoms. The van der Waals surface area contributed by atoms with Gasteiger partial charge in [0.25, 0.3) is 0 Å². The first-order chi connectivity index (χ1) is 3.41. The Kier molecular flexibility index (Phi) is 4.77. The molecule has 0 aromatic rings. The van der Waals surface area contributed by atoms with Crippen LogP contribution in [0.5, 0.6) is 0 Å². The van der Waals surface area contributed by atoms with Crippen LogP contribution in [0.15, 0.2) is 12.2 Å². The van der Waals surface area contributed by atoms with E-state index in [-0.39, 0.29) is 0 Å². The Hall–Kier alpha value is -0.700. The van der Waals surface area contributed by atoms with Gasteiger partial charge in [0.15, 0.2) is 0 Å². The molecular weight excluding hydrogens is 84.1 g/mol. The van der Waals surface area contributed by atoms with Crippen molar-refractivity contribution >= 4 is 0 Å². The maximum atomic E-state index is 4.99. The first kappa shape index (κ1) is 6.30. The minimum atomic E-state index is 0.865. The van der Waals surface area contributed by atoms with E-state index in [0.717, 1.165) is 12.8 Å². The van der Waals surface area contributed by atoms with Crippen molar-refractivity contribution in [2.24, 2.45) is 0 Å². The zero-order valence-electron chi connectivity index (χ0n) is 4.65. The number of hydrogen-bond donors (Lipinski definition) is 0. The Balaban J connectivity index is 2.87. The molecule has 0 N–H and O–H groups in total. The molecule has 0 amide bonds. The Morgan fingerprint density at radius 1 is 1.71 bits per heavy atom. The molecule has 0 saturated heterocycles. The van der Waals surface area contributed by atoms with E-state index in [1.807, 2.05) is 13.0 Å². The van der Waals surface area contributed by atoms with Gasteiger partial charge in [0, 0.05) is 6.42 Å². The molecule has 0 aliphatic heterocycles. The molecule has 0 radical (unpaired) electrons. The lowest BCUT2D eigenvalue weighted by Gasteiger charge is -1.76. The van der Waals surface area contributed by atoms with Gasteiger partial charge in [-0.05, 0) is 13.3 Å². The molecule has 0 aromatic carbocycles. The van der Waals surface area contributed by atoms with Crippen LogP contribution in [0.1, 0.15) is 19.8 Å². The molecule has 0 heterocycles. The van der Waals surface area contributed by atoms with Gasteiger partial charge in [0.1, 0.15) is 0 Å². The summed E-state index contributed by atoms with van der Waals surface area (Å²) in [5.41, 5.74) is 0. The Morgan fingerprint density at radius 3 is 2.86 bits per heavy atom. The largest absolute Gasteiger partial charge is 0.120 e. The first-order valence-electron chi connectivity index (χ1n) is 2.46. The van der Waals surface area contributed by atoms with Crippen molar-refractivity contribution in [2.45, 2.75) is 19.8 Å². The molecule has 0 saturated carbocycles. The van der Waals surface area contributed by atoms with E-state index < -0.39 is 0 Å². The number of rotatable bonds is 2. The third kappa shape index (κ3) is 5.30. The van der Waals surface area contributed by atoms with E-state index >= 15 is 0 Å². The van der Waals surface area contributed by atoms with Gasteiger partial charge in [-0.1, -0.05) is 12.2 Å². The fraction of sp³-hybridized carbons (Fsp3) is 0.429. The summed E-state index contributed by atoms with van der Waals surface area (Å²) in [6.45, 7) is 2.00. The van der Waals surface area contributed by atoms with Gasteiger partial charge in [0.05, 0.1) is 0 Å². The molecule has 0 atom stereocenters. The SMILES string of the molecule is C#CCC/C=C/C. The van der Waals surface area contributed by atoms with Crippen molar-refractivity contribution in [3.63, 3.8) is 0 Å². The normalized spacial score (nSPS) is 9.14. The molecule has 38 valence electrons. The lowest BCUT2D eigenvalue weighted by Crippen LogP contribution is -1.59.